The number of unbranched alkanes of at least 4 members (excludes halogenated alkanes) is 12. The van der Waals surface area contributed by atoms with Gasteiger partial charge >= 0.3 is 17.8 Å². The lowest BCUT2D eigenvalue weighted by Crippen LogP contribution is -2.38. The van der Waals surface area contributed by atoms with Gasteiger partial charge in [-0.25, -0.2) is 9.59 Å². The number of rotatable bonds is 20. The number of anilines is 1. The van der Waals surface area contributed by atoms with E-state index in [-0.39, 0.29) is 18.8 Å². The SMILES string of the molecule is CCCCCCCCCCCCCCCC(=O)OC[C@H]1O[C@@H](n2ccc(NC(=O)CNC(=O)OC(C)(C)C)nc2=O)[C@@H](O)[C@@H]1O. The number of aliphatic hydroxyl groups is 2. The van der Waals surface area contributed by atoms with E-state index in [1.54, 1.807) is 20.8 Å². The lowest BCUT2D eigenvalue weighted by molar-refractivity contribution is -0.150. The van der Waals surface area contributed by atoms with Crippen LogP contribution in [-0.4, -0.2) is 74.8 Å². The van der Waals surface area contributed by atoms with Crippen molar-refractivity contribution in [2.75, 3.05) is 18.5 Å². The first-order valence-electron chi connectivity index (χ1n) is 16.4. The summed E-state index contributed by atoms with van der Waals surface area (Å²) in [5.41, 5.74) is -1.58. The van der Waals surface area contributed by atoms with E-state index in [2.05, 4.69) is 22.5 Å². The zero-order valence-electron chi connectivity index (χ0n) is 27.4. The molecular weight excluding hydrogens is 584 g/mol. The number of aliphatic hydroxyl groups excluding tert-OH is 2. The van der Waals surface area contributed by atoms with Gasteiger partial charge in [-0.3, -0.25) is 14.2 Å². The van der Waals surface area contributed by atoms with Crippen LogP contribution in [0.5, 0.6) is 0 Å². The lowest BCUT2D eigenvalue weighted by atomic mass is 10.0. The third-order valence-corrected chi connectivity index (χ3v) is 7.39. The van der Waals surface area contributed by atoms with E-state index < -0.39 is 60.3 Å². The summed E-state index contributed by atoms with van der Waals surface area (Å²) in [5.74, 6) is -1.13. The molecule has 0 aromatic carbocycles. The molecule has 13 nitrogen and oxygen atoms in total. The maximum Gasteiger partial charge on any atom is 0.408 e. The topological polar surface area (TPSA) is 178 Å². The lowest BCUT2D eigenvalue weighted by Gasteiger charge is -2.19. The van der Waals surface area contributed by atoms with Gasteiger partial charge < -0.3 is 35.1 Å². The van der Waals surface area contributed by atoms with Crippen LogP contribution in [0.25, 0.3) is 0 Å². The third kappa shape index (κ3) is 15.2. The Kier molecular flexibility index (Phi) is 17.1. The number of carbonyl (C=O) groups is 3. The predicted octanol–water partition coefficient (Wildman–Crippen LogP) is 4.35. The van der Waals surface area contributed by atoms with E-state index in [0.29, 0.717) is 0 Å². The van der Waals surface area contributed by atoms with Gasteiger partial charge in [-0.05, 0) is 33.3 Å². The Bertz CT molecular complexity index is 1100. The smallest absolute Gasteiger partial charge is 0.408 e. The summed E-state index contributed by atoms with van der Waals surface area (Å²) in [6.45, 7) is 6.62. The van der Waals surface area contributed by atoms with Crippen molar-refractivity contribution >= 4 is 23.8 Å². The average Bonchev–Trinajstić information content (AvgIpc) is 3.25. The Hall–Kier alpha value is -3.03. The van der Waals surface area contributed by atoms with Gasteiger partial charge in [-0.15, -0.1) is 0 Å². The summed E-state index contributed by atoms with van der Waals surface area (Å²) in [4.78, 5) is 52.4. The Balaban J connectivity index is 1.66. The number of nitrogens with one attached hydrogen (secondary N) is 2. The summed E-state index contributed by atoms with van der Waals surface area (Å²) < 4.78 is 16.9. The molecule has 0 saturated carbocycles. The molecule has 1 saturated heterocycles. The van der Waals surface area contributed by atoms with E-state index in [4.69, 9.17) is 14.2 Å². The molecular formula is C32H54N4O9. The zero-order valence-corrected chi connectivity index (χ0v) is 27.4. The van der Waals surface area contributed by atoms with Crippen LogP contribution in [0, 0.1) is 0 Å². The Morgan fingerprint density at radius 1 is 0.933 bits per heavy atom. The molecule has 0 radical (unpaired) electrons. The molecule has 2 rings (SSSR count). The second-order valence-electron chi connectivity index (χ2n) is 12.6. The van der Waals surface area contributed by atoms with E-state index >= 15 is 0 Å². The molecule has 45 heavy (non-hydrogen) atoms. The Morgan fingerprint density at radius 2 is 1.51 bits per heavy atom. The van der Waals surface area contributed by atoms with Gasteiger partial charge in [0.15, 0.2) is 6.23 Å². The van der Waals surface area contributed by atoms with E-state index in [1.807, 2.05) is 0 Å². The number of alkyl carbamates (subject to hydrolysis) is 1. The zero-order chi connectivity index (χ0) is 33.2. The maximum absolute atomic E-state index is 12.6. The first-order valence-corrected chi connectivity index (χ1v) is 16.4. The van der Waals surface area contributed by atoms with Crippen LogP contribution in [0.2, 0.25) is 0 Å². The molecule has 13 heteroatoms. The Morgan fingerprint density at radius 3 is 2.07 bits per heavy atom. The maximum atomic E-state index is 12.6. The van der Waals surface area contributed by atoms with E-state index in [9.17, 15) is 29.4 Å². The number of esters is 1. The molecule has 1 aliphatic rings. The molecule has 0 bridgehead atoms. The first kappa shape index (κ1) is 38.2. The molecule has 0 spiro atoms. The molecule has 1 aromatic heterocycles. The summed E-state index contributed by atoms with van der Waals surface area (Å²) in [7, 11) is 0. The number of hydrogen-bond donors (Lipinski definition) is 4. The number of aromatic nitrogens is 2. The molecule has 2 amide bonds. The third-order valence-electron chi connectivity index (χ3n) is 7.39. The number of hydrogen-bond acceptors (Lipinski definition) is 10. The van der Waals surface area contributed by atoms with Crippen molar-refractivity contribution < 1.29 is 38.8 Å². The van der Waals surface area contributed by atoms with Crippen LogP contribution in [0.3, 0.4) is 0 Å². The highest BCUT2D eigenvalue weighted by Gasteiger charge is 2.44. The molecule has 1 aliphatic heterocycles. The van der Waals surface area contributed by atoms with E-state index in [0.717, 1.165) is 23.8 Å². The normalized spacial score (nSPS) is 19.7. The fraction of sp³-hybridized carbons (Fsp3) is 0.781. The molecule has 1 aromatic rings. The summed E-state index contributed by atoms with van der Waals surface area (Å²) >= 11 is 0. The van der Waals surface area contributed by atoms with Crippen molar-refractivity contribution in [1.29, 1.82) is 0 Å². The Labute approximate surface area is 266 Å². The van der Waals surface area contributed by atoms with Crippen LogP contribution in [0.1, 0.15) is 124 Å². The van der Waals surface area contributed by atoms with Gasteiger partial charge in [-0.1, -0.05) is 84.0 Å². The second-order valence-corrected chi connectivity index (χ2v) is 12.6. The van der Waals surface area contributed by atoms with Crippen molar-refractivity contribution in [3.63, 3.8) is 0 Å². The van der Waals surface area contributed by atoms with E-state index in [1.165, 1.54) is 76.5 Å². The minimum absolute atomic E-state index is 0.0843. The van der Waals surface area contributed by atoms with Crippen molar-refractivity contribution in [1.82, 2.24) is 14.9 Å². The number of amides is 2. The molecule has 4 N–H and O–H groups in total. The number of ether oxygens (including phenoxy) is 3. The van der Waals surface area contributed by atoms with Crippen molar-refractivity contribution in [3.05, 3.63) is 22.7 Å². The average molecular weight is 639 g/mol. The summed E-state index contributed by atoms with van der Waals surface area (Å²) in [6.07, 6.45) is 11.2. The van der Waals surface area contributed by atoms with Gasteiger partial charge in [0.25, 0.3) is 0 Å². The van der Waals surface area contributed by atoms with Gasteiger partial charge in [0.1, 0.15) is 42.9 Å². The number of carbonyl (C=O) groups excluding carboxylic acids is 3. The molecule has 2 heterocycles. The largest absolute Gasteiger partial charge is 0.463 e. The minimum Gasteiger partial charge on any atom is -0.463 e. The van der Waals surface area contributed by atoms with Crippen LogP contribution in [0.4, 0.5) is 10.6 Å². The van der Waals surface area contributed by atoms with Gasteiger partial charge in [0.05, 0.1) is 0 Å². The molecule has 256 valence electrons. The van der Waals surface area contributed by atoms with Crippen LogP contribution in [0.15, 0.2) is 17.1 Å². The van der Waals surface area contributed by atoms with Crippen LogP contribution in [-0.2, 0) is 23.8 Å². The highest BCUT2D eigenvalue weighted by atomic mass is 16.6. The van der Waals surface area contributed by atoms with Gasteiger partial charge in [-0.2, -0.15) is 4.98 Å². The molecule has 0 unspecified atom stereocenters. The minimum atomic E-state index is -1.48. The van der Waals surface area contributed by atoms with Crippen molar-refractivity contribution in [2.24, 2.45) is 0 Å². The van der Waals surface area contributed by atoms with Crippen molar-refractivity contribution in [3.8, 4) is 0 Å². The molecule has 0 aliphatic carbocycles. The van der Waals surface area contributed by atoms with Crippen LogP contribution >= 0.6 is 0 Å². The second kappa shape index (κ2) is 20.2. The fourth-order valence-electron chi connectivity index (χ4n) is 4.96. The molecule has 1 fully saturated rings. The predicted molar refractivity (Wildman–Crippen MR) is 169 cm³/mol. The first-order chi connectivity index (χ1) is 21.4. The standard InChI is InChI=1S/C32H54N4O9/c1-5-6-7-8-9-10-11-12-13-14-15-16-17-18-26(38)43-22-23-27(39)28(40)29(44-23)36-20-19-24(35-30(36)41)34-25(37)21-33-31(42)45-32(2,3)4/h19-20,23,27-29,39-40H,5-18,21-22H2,1-4H3,(H,33,42)(H,34,35,37,41)/t23-,27-,28+,29-/m1/s1. The van der Waals surface area contributed by atoms with Gasteiger partial charge in [0.2, 0.25) is 5.91 Å². The quantitative estimate of drug-likeness (QED) is 0.119. The van der Waals surface area contributed by atoms with Crippen molar-refractivity contribution in [2.45, 2.75) is 148 Å². The van der Waals surface area contributed by atoms with Crippen LogP contribution < -0.4 is 16.3 Å². The monoisotopic (exact) mass is 638 g/mol. The highest BCUT2D eigenvalue weighted by molar-refractivity contribution is 5.92. The summed E-state index contributed by atoms with van der Waals surface area (Å²) in [6, 6.07) is 1.30. The van der Waals surface area contributed by atoms with Gasteiger partial charge in [0, 0.05) is 12.6 Å². The fourth-order valence-corrected chi connectivity index (χ4v) is 4.96. The highest BCUT2D eigenvalue weighted by Crippen LogP contribution is 2.29. The molecule has 4 atom stereocenters. The summed E-state index contributed by atoms with van der Waals surface area (Å²) in [5, 5.41) is 25.6. The number of nitrogens with zero attached hydrogens (tertiary/aromatic N) is 2.